The van der Waals surface area contributed by atoms with Crippen LogP contribution in [0.1, 0.15) is 55.7 Å². The lowest BCUT2D eigenvalue weighted by Crippen LogP contribution is -2.30. The Bertz CT molecular complexity index is 2150. The van der Waals surface area contributed by atoms with E-state index >= 15 is 0 Å². The number of rotatable bonds is 5. The molecule has 0 radical (unpaired) electrons. The second-order valence-corrected chi connectivity index (χ2v) is 13.5. The van der Waals surface area contributed by atoms with Crippen molar-refractivity contribution in [3.8, 4) is 57.4 Å². The van der Waals surface area contributed by atoms with Gasteiger partial charge < -0.3 is 0 Å². The zero-order valence-electron chi connectivity index (χ0n) is 26.3. The molecule has 0 saturated heterocycles. The summed E-state index contributed by atoms with van der Waals surface area (Å²) in [7, 11) is 0. The lowest BCUT2D eigenvalue weighted by Gasteiger charge is -2.38. The molecule has 0 N–H and O–H groups in total. The number of fused-ring (bicyclic) bond motifs is 3. The molecule has 2 aliphatic rings. The summed E-state index contributed by atoms with van der Waals surface area (Å²) >= 11 is 0. The Morgan fingerprint density at radius 1 is 0.574 bits per heavy atom. The van der Waals surface area contributed by atoms with Crippen LogP contribution in [-0.4, -0.2) is 15.0 Å². The largest absolute Gasteiger partial charge is 0.208 e. The van der Waals surface area contributed by atoms with Crippen LogP contribution in [0.2, 0.25) is 0 Å². The van der Waals surface area contributed by atoms with Crippen molar-refractivity contribution in [3.63, 3.8) is 0 Å². The lowest BCUT2D eigenvalue weighted by molar-refractivity contribution is 0.232. The van der Waals surface area contributed by atoms with Gasteiger partial charge in [0.25, 0.3) is 0 Å². The zero-order valence-corrected chi connectivity index (χ0v) is 26.3. The second-order valence-electron chi connectivity index (χ2n) is 13.5. The van der Waals surface area contributed by atoms with Crippen molar-refractivity contribution in [2.75, 3.05) is 0 Å². The van der Waals surface area contributed by atoms with Crippen molar-refractivity contribution in [3.05, 3.63) is 126 Å². The standard InChI is InChI=1S/C42H33N5/c1-42(23-27-12-13-28(20-27)24-42)34-16-14-31(15-17-34)35-18-19-38(37-11-3-2-10-36(35)37)41-46-39(32-8-4-6-29(21-32)25-43)45-40(47-41)33-9-5-7-30(22-33)26-44/h2-11,14-19,21-22,27-28H,12-13,20,23-24H2,1H3/t27-,28+,42?. The van der Waals surface area contributed by atoms with Gasteiger partial charge >= 0.3 is 0 Å². The van der Waals surface area contributed by atoms with Crippen molar-refractivity contribution in [2.45, 2.75) is 44.4 Å². The molecule has 1 aromatic heterocycles. The van der Waals surface area contributed by atoms with Crippen LogP contribution in [0.5, 0.6) is 0 Å². The fourth-order valence-electron chi connectivity index (χ4n) is 8.15. The van der Waals surface area contributed by atoms with E-state index in [1.54, 1.807) is 24.3 Å². The van der Waals surface area contributed by atoms with Crippen LogP contribution in [0.3, 0.4) is 0 Å². The van der Waals surface area contributed by atoms with E-state index < -0.39 is 0 Å². The van der Waals surface area contributed by atoms with Gasteiger partial charge in [0.05, 0.1) is 23.3 Å². The fraction of sp³-hybridized carbons (Fsp3) is 0.214. The molecule has 2 bridgehead atoms. The Balaban J connectivity index is 1.23. The minimum Gasteiger partial charge on any atom is -0.208 e. The highest BCUT2D eigenvalue weighted by molar-refractivity contribution is 6.04. The molecular formula is C42H33N5. The third-order valence-electron chi connectivity index (χ3n) is 10.3. The maximum atomic E-state index is 9.55. The summed E-state index contributed by atoms with van der Waals surface area (Å²) in [5, 5.41) is 21.3. The summed E-state index contributed by atoms with van der Waals surface area (Å²) in [6, 6.07) is 41.0. The van der Waals surface area contributed by atoms with E-state index in [0.29, 0.717) is 28.6 Å². The number of nitrogens with zero attached hydrogens (tertiary/aromatic N) is 5. The maximum Gasteiger partial charge on any atom is 0.164 e. The summed E-state index contributed by atoms with van der Waals surface area (Å²) in [5.74, 6) is 3.25. The molecule has 2 aliphatic carbocycles. The van der Waals surface area contributed by atoms with Crippen LogP contribution in [0, 0.1) is 34.5 Å². The van der Waals surface area contributed by atoms with Gasteiger partial charge in [0.1, 0.15) is 0 Å². The van der Waals surface area contributed by atoms with Gasteiger partial charge in [-0.15, -0.1) is 0 Å². The van der Waals surface area contributed by atoms with Gasteiger partial charge in [0.2, 0.25) is 0 Å². The summed E-state index contributed by atoms with van der Waals surface area (Å²) in [5.41, 5.74) is 7.50. The number of aromatic nitrogens is 3. The third-order valence-corrected chi connectivity index (χ3v) is 10.3. The Hall–Kier alpha value is -5.65. The quantitative estimate of drug-likeness (QED) is 0.195. The molecule has 2 fully saturated rings. The van der Waals surface area contributed by atoms with Gasteiger partial charge in [-0.1, -0.05) is 98.6 Å². The molecule has 0 spiro atoms. The van der Waals surface area contributed by atoms with Gasteiger partial charge in [0, 0.05) is 16.7 Å². The van der Waals surface area contributed by atoms with E-state index in [2.05, 4.69) is 73.7 Å². The normalized spacial score (nSPS) is 20.1. The molecule has 6 aromatic rings. The zero-order chi connectivity index (χ0) is 32.0. The predicted octanol–water partition coefficient (Wildman–Crippen LogP) is 9.90. The van der Waals surface area contributed by atoms with E-state index in [9.17, 15) is 10.5 Å². The molecule has 2 saturated carbocycles. The first kappa shape index (κ1) is 28.8. The smallest absolute Gasteiger partial charge is 0.164 e. The number of benzene rings is 5. The number of hydrogen-bond donors (Lipinski definition) is 0. The summed E-state index contributed by atoms with van der Waals surface area (Å²) in [6.45, 7) is 2.47. The SMILES string of the molecule is CC1(c2ccc(-c3ccc(-c4nc(-c5cccc(C#N)c5)nc(-c5cccc(C#N)c5)n4)c4ccccc34)cc2)C[C@@H]2CC[C@@H](C2)C1. The Labute approximate surface area is 275 Å². The maximum absolute atomic E-state index is 9.55. The Kier molecular flexibility index (Phi) is 7.12. The topological polar surface area (TPSA) is 86.2 Å². The first-order chi connectivity index (χ1) is 23.0. The molecule has 5 nitrogen and oxygen atoms in total. The monoisotopic (exact) mass is 607 g/mol. The lowest BCUT2D eigenvalue weighted by atomic mass is 9.66. The van der Waals surface area contributed by atoms with Crippen molar-refractivity contribution in [2.24, 2.45) is 11.8 Å². The van der Waals surface area contributed by atoms with Crippen LogP contribution < -0.4 is 0 Å². The molecule has 47 heavy (non-hydrogen) atoms. The first-order valence-corrected chi connectivity index (χ1v) is 16.4. The Morgan fingerprint density at radius 3 is 1.68 bits per heavy atom. The highest BCUT2D eigenvalue weighted by Gasteiger charge is 2.41. The minimum atomic E-state index is 0.266. The highest BCUT2D eigenvalue weighted by atomic mass is 15.0. The molecule has 226 valence electrons. The van der Waals surface area contributed by atoms with Crippen molar-refractivity contribution in [1.82, 2.24) is 15.0 Å². The molecule has 1 heterocycles. The van der Waals surface area contributed by atoms with E-state index in [1.807, 2.05) is 30.3 Å². The minimum absolute atomic E-state index is 0.266. The first-order valence-electron chi connectivity index (χ1n) is 16.4. The van der Waals surface area contributed by atoms with Crippen molar-refractivity contribution in [1.29, 1.82) is 10.5 Å². The summed E-state index contributed by atoms with van der Waals surface area (Å²) in [6.07, 6.45) is 6.84. The molecule has 8 rings (SSSR count). The second kappa shape index (κ2) is 11.6. The summed E-state index contributed by atoms with van der Waals surface area (Å²) < 4.78 is 0. The van der Waals surface area contributed by atoms with Crippen molar-refractivity contribution >= 4 is 10.8 Å². The van der Waals surface area contributed by atoms with Crippen LogP contribution in [-0.2, 0) is 5.41 Å². The van der Waals surface area contributed by atoms with Crippen LogP contribution in [0.4, 0.5) is 0 Å². The van der Waals surface area contributed by atoms with E-state index in [4.69, 9.17) is 15.0 Å². The Morgan fingerprint density at radius 2 is 1.11 bits per heavy atom. The average molecular weight is 608 g/mol. The number of nitriles is 2. The molecule has 0 amide bonds. The number of hydrogen-bond acceptors (Lipinski definition) is 5. The van der Waals surface area contributed by atoms with Crippen molar-refractivity contribution < 1.29 is 0 Å². The molecule has 1 unspecified atom stereocenters. The van der Waals surface area contributed by atoms with Crippen LogP contribution in [0.15, 0.2) is 109 Å². The molecule has 3 atom stereocenters. The molecule has 5 aromatic carbocycles. The predicted molar refractivity (Wildman–Crippen MR) is 186 cm³/mol. The fourth-order valence-corrected chi connectivity index (χ4v) is 8.15. The summed E-state index contributed by atoms with van der Waals surface area (Å²) in [4.78, 5) is 14.7. The third kappa shape index (κ3) is 5.35. The van der Waals surface area contributed by atoms with Gasteiger partial charge in [-0.25, -0.2) is 15.0 Å². The highest BCUT2D eigenvalue weighted by Crippen LogP contribution is 2.51. The van der Waals surface area contributed by atoms with Crippen LogP contribution in [0.25, 0.3) is 56.1 Å². The molecule has 0 aliphatic heterocycles. The van der Waals surface area contributed by atoms with Gasteiger partial charge in [-0.2, -0.15) is 10.5 Å². The van der Waals surface area contributed by atoms with E-state index in [-0.39, 0.29) is 5.41 Å². The molecule has 5 heteroatoms. The van der Waals surface area contributed by atoms with E-state index in [1.165, 1.54) is 48.8 Å². The van der Waals surface area contributed by atoms with E-state index in [0.717, 1.165) is 39.3 Å². The van der Waals surface area contributed by atoms with Crippen LogP contribution >= 0.6 is 0 Å². The average Bonchev–Trinajstić information content (AvgIpc) is 3.48. The van der Waals surface area contributed by atoms with Gasteiger partial charge in [-0.3, -0.25) is 0 Å². The molecular weight excluding hydrogens is 574 g/mol. The van der Waals surface area contributed by atoms with Gasteiger partial charge in [-0.05, 0) is 94.3 Å². The van der Waals surface area contributed by atoms with Gasteiger partial charge in [0.15, 0.2) is 17.5 Å².